The molecule has 0 amide bonds. The maximum atomic E-state index is 11.2. The molecule has 9 nitrogen and oxygen atoms in total. The summed E-state index contributed by atoms with van der Waals surface area (Å²) < 4.78 is 10.3. The molecule has 2 aliphatic heterocycles. The minimum atomic E-state index is -0.317. The number of ether oxygens (including phenoxy) is 2. The summed E-state index contributed by atoms with van der Waals surface area (Å²) in [7, 11) is 0. The van der Waals surface area contributed by atoms with Crippen molar-refractivity contribution in [2.45, 2.75) is 39.5 Å². The van der Waals surface area contributed by atoms with Gasteiger partial charge in [0.15, 0.2) is 0 Å². The number of aromatic nitrogens is 2. The molecule has 0 radical (unpaired) electrons. The minimum absolute atomic E-state index is 0.248. The van der Waals surface area contributed by atoms with Gasteiger partial charge in [-0.1, -0.05) is 0 Å². The highest BCUT2D eigenvalue weighted by Crippen LogP contribution is 2.27. The Morgan fingerprint density at radius 3 is 1.93 bits per heavy atom. The second kappa shape index (κ2) is 10.3. The van der Waals surface area contributed by atoms with E-state index in [0.29, 0.717) is 13.1 Å². The summed E-state index contributed by atoms with van der Waals surface area (Å²) in [5, 5.41) is 0. The number of nitrogens with zero attached hydrogens (tertiary/aromatic N) is 5. The topological polar surface area (TPSA) is 88.1 Å². The van der Waals surface area contributed by atoms with E-state index >= 15 is 0 Å². The smallest absolute Gasteiger partial charge is 0.302 e. The van der Waals surface area contributed by atoms with Crippen LogP contribution in [0.5, 0.6) is 0 Å². The van der Waals surface area contributed by atoms with Crippen molar-refractivity contribution in [1.29, 1.82) is 0 Å². The lowest BCUT2D eigenvalue weighted by molar-refractivity contribution is -0.141. The summed E-state index contributed by atoms with van der Waals surface area (Å²) in [5.41, 5.74) is 0. The quantitative estimate of drug-likeness (QED) is 0.569. The van der Waals surface area contributed by atoms with Crippen LogP contribution in [0.15, 0.2) is 6.07 Å². The van der Waals surface area contributed by atoms with Crippen molar-refractivity contribution in [1.82, 2.24) is 9.97 Å². The first kappa shape index (κ1) is 21.1. The van der Waals surface area contributed by atoms with Crippen molar-refractivity contribution in [2.24, 2.45) is 0 Å². The van der Waals surface area contributed by atoms with Gasteiger partial charge in [-0.15, -0.1) is 0 Å². The van der Waals surface area contributed by atoms with Gasteiger partial charge in [-0.2, -0.15) is 9.97 Å². The van der Waals surface area contributed by atoms with Crippen LogP contribution in [0.1, 0.15) is 39.5 Å². The Labute approximate surface area is 172 Å². The molecule has 1 aromatic heterocycles. The molecule has 160 valence electrons. The summed E-state index contributed by atoms with van der Waals surface area (Å²) in [5.74, 6) is 1.81. The van der Waals surface area contributed by atoms with E-state index in [0.717, 1.165) is 56.6 Å². The van der Waals surface area contributed by atoms with Gasteiger partial charge in [0.2, 0.25) is 5.95 Å². The van der Waals surface area contributed by atoms with Crippen LogP contribution < -0.4 is 14.7 Å². The zero-order valence-corrected chi connectivity index (χ0v) is 17.4. The highest BCUT2D eigenvalue weighted by Gasteiger charge is 2.22. The summed E-state index contributed by atoms with van der Waals surface area (Å²) >= 11 is 0. The van der Waals surface area contributed by atoms with Gasteiger partial charge < -0.3 is 24.2 Å². The number of carbonyl (C=O) groups is 2. The Balaban J connectivity index is 1.83. The third-order valence-corrected chi connectivity index (χ3v) is 5.16. The predicted molar refractivity (Wildman–Crippen MR) is 110 cm³/mol. The molecule has 0 aromatic carbocycles. The Kier molecular flexibility index (Phi) is 7.48. The zero-order chi connectivity index (χ0) is 20.6. The predicted octanol–water partition coefficient (Wildman–Crippen LogP) is 1.61. The molecule has 2 saturated heterocycles. The Bertz CT molecular complexity index is 648. The molecular formula is C20H31N5O4. The number of hydrogen-bond acceptors (Lipinski definition) is 9. The number of anilines is 3. The van der Waals surface area contributed by atoms with Gasteiger partial charge in [0, 0.05) is 46.1 Å². The second-order valence-corrected chi connectivity index (χ2v) is 7.44. The van der Waals surface area contributed by atoms with Gasteiger partial charge >= 0.3 is 11.9 Å². The summed E-state index contributed by atoms with van der Waals surface area (Å²) in [6.07, 6.45) is 4.63. The van der Waals surface area contributed by atoms with Crippen molar-refractivity contribution in [3.63, 3.8) is 0 Å². The summed E-state index contributed by atoms with van der Waals surface area (Å²) in [4.78, 5) is 38.5. The summed E-state index contributed by atoms with van der Waals surface area (Å²) in [6, 6.07) is 1.99. The SMILES string of the molecule is CC(=O)OCCN(CCOC(C)=O)c1cc(N2CCCC2)nc(N2CCCC2)n1. The van der Waals surface area contributed by atoms with E-state index in [1.165, 1.54) is 26.7 Å². The van der Waals surface area contributed by atoms with Gasteiger partial charge in [0.05, 0.1) is 13.1 Å². The van der Waals surface area contributed by atoms with Crippen molar-refractivity contribution in [3.8, 4) is 0 Å². The third kappa shape index (κ3) is 6.20. The first-order chi connectivity index (χ1) is 14.0. The lowest BCUT2D eigenvalue weighted by Gasteiger charge is -2.27. The molecule has 0 unspecified atom stereocenters. The maximum Gasteiger partial charge on any atom is 0.302 e. The molecule has 0 saturated carbocycles. The van der Waals surface area contributed by atoms with E-state index in [1.54, 1.807) is 0 Å². The molecule has 0 aliphatic carbocycles. The Hall–Kier alpha value is -2.58. The molecule has 1 aromatic rings. The van der Waals surface area contributed by atoms with Crippen LogP contribution in [-0.2, 0) is 19.1 Å². The highest BCUT2D eigenvalue weighted by molar-refractivity contribution is 5.66. The molecule has 0 atom stereocenters. The third-order valence-electron chi connectivity index (χ3n) is 5.16. The van der Waals surface area contributed by atoms with Crippen LogP contribution in [-0.4, -0.2) is 74.4 Å². The van der Waals surface area contributed by atoms with Crippen LogP contribution in [0.3, 0.4) is 0 Å². The van der Waals surface area contributed by atoms with Gasteiger partial charge in [-0.3, -0.25) is 9.59 Å². The van der Waals surface area contributed by atoms with Crippen LogP contribution >= 0.6 is 0 Å². The average molecular weight is 405 g/mol. The van der Waals surface area contributed by atoms with E-state index in [4.69, 9.17) is 19.4 Å². The molecule has 2 fully saturated rings. The fraction of sp³-hybridized carbons (Fsp3) is 0.700. The zero-order valence-electron chi connectivity index (χ0n) is 17.4. The first-order valence-corrected chi connectivity index (χ1v) is 10.4. The van der Waals surface area contributed by atoms with E-state index in [-0.39, 0.29) is 25.2 Å². The first-order valence-electron chi connectivity index (χ1n) is 10.4. The van der Waals surface area contributed by atoms with Gasteiger partial charge in [0.1, 0.15) is 24.8 Å². The van der Waals surface area contributed by atoms with Gasteiger partial charge in [-0.25, -0.2) is 0 Å². The number of hydrogen-bond donors (Lipinski definition) is 0. The lowest BCUT2D eigenvalue weighted by Crippen LogP contribution is -2.34. The molecule has 3 rings (SSSR count). The molecule has 0 bridgehead atoms. The van der Waals surface area contributed by atoms with E-state index in [2.05, 4.69) is 9.80 Å². The van der Waals surface area contributed by atoms with Gasteiger partial charge in [-0.05, 0) is 25.7 Å². The number of esters is 2. The molecule has 0 N–H and O–H groups in total. The van der Waals surface area contributed by atoms with E-state index in [9.17, 15) is 9.59 Å². The summed E-state index contributed by atoms with van der Waals surface area (Å²) in [6.45, 7) is 8.14. The fourth-order valence-corrected chi connectivity index (χ4v) is 3.68. The molecule has 0 spiro atoms. The normalized spacial score (nSPS) is 16.2. The minimum Gasteiger partial charge on any atom is -0.464 e. The van der Waals surface area contributed by atoms with Gasteiger partial charge in [0.25, 0.3) is 0 Å². The van der Waals surface area contributed by atoms with Crippen molar-refractivity contribution in [3.05, 3.63) is 6.07 Å². The number of carbonyl (C=O) groups excluding carboxylic acids is 2. The van der Waals surface area contributed by atoms with Crippen LogP contribution in [0.4, 0.5) is 17.6 Å². The highest BCUT2D eigenvalue weighted by atomic mass is 16.5. The fourth-order valence-electron chi connectivity index (χ4n) is 3.68. The van der Waals surface area contributed by atoms with Crippen molar-refractivity contribution < 1.29 is 19.1 Å². The van der Waals surface area contributed by atoms with E-state index < -0.39 is 0 Å². The monoisotopic (exact) mass is 405 g/mol. The largest absolute Gasteiger partial charge is 0.464 e. The van der Waals surface area contributed by atoms with Crippen LogP contribution in [0.2, 0.25) is 0 Å². The maximum absolute atomic E-state index is 11.2. The van der Waals surface area contributed by atoms with Crippen molar-refractivity contribution in [2.75, 3.05) is 67.2 Å². The van der Waals surface area contributed by atoms with Crippen molar-refractivity contribution >= 4 is 29.5 Å². The second-order valence-electron chi connectivity index (χ2n) is 7.44. The average Bonchev–Trinajstić information content (AvgIpc) is 3.39. The molecule has 3 heterocycles. The Morgan fingerprint density at radius 2 is 1.41 bits per heavy atom. The van der Waals surface area contributed by atoms with Crippen LogP contribution in [0.25, 0.3) is 0 Å². The molecule has 2 aliphatic rings. The molecular weight excluding hydrogens is 374 g/mol. The lowest BCUT2D eigenvalue weighted by atomic mass is 10.4. The molecule has 9 heteroatoms. The van der Waals surface area contributed by atoms with Crippen LogP contribution in [0, 0.1) is 0 Å². The van der Waals surface area contributed by atoms with E-state index in [1.807, 2.05) is 11.0 Å². The number of rotatable bonds is 9. The Morgan fingerprint density at radius 1 is 0.897 bits per heavy atom. The standard InChI is InChI=1S/C20H31N5O4/c1-16(26)28-13-11-24(12-14-29-17(2)27)19-15-18(23-7-3-4-8-23)21-20(22-19)25-9-5-6-10-25/h15H,3-14H2,1-2H3. The molecule has 29 heavy (non-hydrogen) atoms.